The summed E-state index contributed by atoms with van der Waals surface area (Å²) in [5, 5.41) is 27.6. The summed E-state index contributed by atoms with van der Waals surface area (Å²) in [4.78, 5) is 3.95. The molecule has 0 spiro atoms. The first-order valence-corrected chi connectivity index (χ1v) is 12.2. The first-order chi connectivity index (χ1) is 17.3. The molecule has 1 atom stereocenters. The van der Waals surface area contributed by atoms with Gasteiger partial charge < -0.3 is 19.0 Å². The van der Waals surface area contributed by atoms with Crippen molar-refractivity contribution in [3.8, 4) is 34.8 Å². The minimum atomic E-state index is -4.17. The Kier molecular flexibility index (Phi) is 6.91. The van der Waals surface area contributed by atoms with Crippen LogP contribution in [0.25, 0.3) is 17.3 Å². The van der Waals surface area contributed by atoms with Crippen LogP contribution in [0.1, 0.15) is 23.1 Å². The van der Waals surface area contributed by atoms with Gasteiger partial charge in [0.25, 0.3) is 0 Å². The number of sulfonamides is 1. The first-order valence-electron chi connectivity index (χ1n) is 10.5. The zero-order chi connectivity index (χ0) is 25.9. The molecule has 1 aromatic carbocycles. The van der Waals surface area contributed by atoms with Crippen molar-refractivity contribution in [1.29, 1.82) is 5.26 Å². The van der Waals surface area contributed by atoms with Gasteiger partial charge >= 0.3 is 0 Å². The number of ether oxygens (including phenoxy) is 2. The molecule has 0 saturated heterocycles. The van der Waals surface area contributed by atoms with E-state index in [0.717, 1.165) is 0 Å². The molecule has 4 aromatic rings. The lowest BCUT2D eigenvalue weighted by Gasteiger charge is -2.17. The molecule has 186 valence electrons. The predicted molar refractivity (Wildman–Crippen MR) is 128 cm³/mol. The van der Waals surface area contributed by atoms with Crippen LogP contribution in [-0.4, -0.2) is 53.2 Å². The van der Waals surface area contributed by atoms with E-state index in [-0.39, 0.29) is 23.0 Å². The average molecular weight is 511 g/mol. The number of pyridine rings is 1. The molecule has 0 bridgehead atoms. The zero-order valence-corrected chi connectivity index (χ0v) is 20.4. The Labute approximate surface area is 206 Å². The fourth-order valence-electron chi connectivity index (χ4n) is 3.47. The van der Waals surface area contributed by atoms with Crippen LogP contribution < -0.4 is 14.2 Å². The lowest BCUT2D eigenvalue weighted by molar-refractivity contribution is 0.197. The molecule has 0 radical (unpaired) electrons. The number of para-hydroxylation sites is 1. The zero-order valence-electron chi connectivity index (χ0n) is 19.5. The number of aryl methyl sites for hydroxylation is 1. The maximum Gasteiger partial charge on any atom is 0.243 e. The molecule has 2 N–H and O–H groups in total. The fraction of sp³-hybridized carbons (Fsp3) is 0.217. The summed E-state index contributed by atoms with van der Waals surface area (Å²) in [6.45, 7) is 1.76. The molecule has 0 aliphatic rings. The molecule has 0 aliphatic carbocycles. The van der Waals surface area contributed by atoms with Crippen LogP contribution in [0.15, 0.2) is 53.1 Å². The van der Waals surface area contributed by atoms with Gasteiger partial charge in [0.15, 0.2) is 5.76 Å². The number of methoxy groups -OCH3 is 2. The van der Waals surface area contributed by atoms with Gasteiger partial charge in [0.05, 0.1) is 25.5 Å². The van der Waals surface area contributed by atoms with Crippen molar-refractivity contribution in [3.05, 3.63) is 65.7 Å². The average Bonchev–Trinajstić information content (AvgIpc) is 3.48. The number of aromatic nitrogens is 4. The highest BCUT2D eigenvalue weighted by Crippen LogP contribution is 2.38. The number of hydrogen-bond acceptors (Lipinski definition) is 10. The van der Waals surface area contributed by atoms with Gasteiger partial charge in [0.1, 0.15) is 40.9 Å². The van der Waals surface area contributed by atoms with Crippen molar-refractivity contribution in [2.45, 2.75) is 13.0 Å². The summed E-state index contributed by atoms with van der Waals surface area (Å²) in [6, 6.07) is 13.2. The number of aliphatic hydroxyl groups excluding tert-OH is 1. The highest BCUT2D eigenvalue weighted by molar-refractivity contribution is 7.92. The Bertz CT molecular complexity index is 1500. The van der Waals surface area contributed by atoms with Gasteiger partial charge in [-0.2, -0.15) is 5.26 Å². The second-order valence-corrected chi connectivity index (χ2v) is 9.35. The second kappa shape index (κ2) is 10.1. The van der Waals surface area contributed by atoms with E-state index in [9.17, 15) is 13.5 Å². The smallest absolute Gasteiger partial charge is 0.243 e. The number of nitrogens with one attached hydrogen (secondary N) is 1. The van der Waals surface area contributed by atoms with Crippen molar-refractivity contribution in [1.82, 2.24) is 19.7 Å². The normalized spacial score (nSPS) is 12.1. The summed E-state index contributed by atoms with van der Waals surface area (Å²) in [5.74, 6) is 0.963. The molecule has 0 amide bonds. The van der Waals surface area contributed by atoms with Crippen LogP contribution in [0.3, 0.4) is 0 Å². The van der Waals surface area contributed by atoms with E-state index in [4.69, 9.17) is 19.2 Å². The molecule has 12 nitrogen and oxygen atoms in total. The highest BCUT2D eigenvalue weighted by Gasteiger charge is 2.28. The van der Waals surface area contributed by atoms with Crippen molar-refractivity contribution >= 4 is 16.0 Å². The molecule has 0 unspecified atom stereocenters. The highest BCUT2D eigenvalue weighted by atomic mass is 32.2. The predicted octanol–water partition coefficient (Wildman–Crippen LogP) is 2.59. The van der Waals surface area contributed by atoms with E-state index in [1.165, 1.54) is 37.1 Å². The van der Waals surface area contributed by atoms with E-state index in [1.807, 2.05) is 6.07 Å². The Balaban J connectivity index is 1.76. The van der Waals surface area contributed by atoms with Crippen LogP contribution in [0, 0.1) is 18.3 Å². The third-order valence-corrected chi connectivity index (χ3v) is 6.38. The Morgan fingerprint density at radius 3 is 2.42 bits per heavy atom. The minimum absolute atomic E-state index is 0.0963. The standard InChI is InChI=1S/C23H22N6O6S/c1-14-7-10-20(35-14)22-26-27-23(29(22)21-18(33-2)5-4-6-19(21)34-3)28-36(31,32)13-17(30)16-9-8-15(11-24)12-25-16/h4-10,12,17,30H,13H2,1-3H3,(H,27,28)/t17-/m0/s1. The lowest BCUT2D eigenvalue weighted by Crippen LogP contribution is -2.24. The third kappa shape index (κ3) is 4.99. The van der Waals surface area contributed by atoms with Crippen LogP contribution in [-0.2, 0) is 10.0 Å². The fourth-order valence-corrected chi connectivity index (χ4v) is 4.55. The second-order valence-electron chi connectivity index (χ2n) is 7.59. The molecule has 36 heavy (non-hydrogen) atoms. The lowest BCUT2D eigenvalue weighted by atomic mass is 10.2. The van der Waals surface area contributed by atoms with Gasteiger partial charge in [0.2, 0.25) is 21.8 Å². The number of aliphatic hydroxyl groups is 1. The van der Waals surface area contributed by atoms with Gasteiger partial charge in [-0.3, -0.25) is 14.3 Å². The molecule has 3 heterocycles. The number of nitrogens with zero attached hydrogens (tertiary/aromatic N) is 5. The molecule has 4 rings (SSSR count). The van der Waals surface area contributed by atoms with Crippen LogP contribution in [0.2, 0.25) is 0 Å². The number of anilines is 1. The molecule has 0 fully saturated rings. The van der Waals surface area contributed by atoms with Crippen molar-refractivity contribution in [2.75, 3.05) is 24.7 Å². The summed E-state index contributed by atoms with van der Waals surface area (Å²) in [6.07, 6.45) is -0.208. The monoisotopic (exact) mass is 510 g/mol. The van der Waals surface area contributed by atoms with E-state index in [2.05, 4.69) is 19.9 Å². The number of furan rings is 1. The van der Waals surface area contributed by atoms with Crippen LogP contribution in [0.5, 0.6) is 11.5 Å². The van der Waals surface area contributed by atoms with Crippen LogP contribution >= 0.6 is 0 Å². The van der Waals surface area contributed by atoms with Gasteiger partial charge in [-0.05, 0) is 43.3 Å². The molecular weight excluding hydrogens is 488 g/mol. The number of nitriles is 1. The Morgan fingerprint density at radius 1 is 1.14 bits per heavy atom. The van der Waals surface area contributed by atoms with Crippen molar-refractivity contribution < 1.29 is 27.4 Å². The largest absolute Gasteiger partial charge is 0.494 e. The Morgan fingerprint density at radius 2 is 1.86 bits per heavy atom. The molecular formula is C23H22N6O6S. The van der Waals surface area contributed by atoms with E-state index in [0.29, 0.717) is 28.7 Å². The molecule has 13 heteroatoms. The maximum atomic E-state index is 13.0. The molecule has 3 aromatic heterocycles. The maximum absolute atomic E-state index is 13.0. The summed E-state index contributed by atoms with van der Waals surface area (Å²) >= 11 is 0. The number of hydrogen-bond donors (Lipinski definition) is 2. The van der Waals surface area contributed by atoms with Crippen molar-refractivity contribution in [2.24, 2.45) is 0 Å². The molecule has 0 aliphatic heterocycles. The van der Waals surface area contributed by atoms with E-state index < -0.39 is 21.9 Å². The minimum Gasteiger partial charge on any atom is -0.494 e. The number of rotatable bonds is 9. The van der Waals surface area contributed by atoms with Gasteiger partial charge in [-0.25, -0.2) is 8.42 Å². The summed E-state index contributed by atoms with van der Waals surface area (Å²) in [7, 11) is -1.25. The summed E-state index contributed by atoms with van der Waals surface area (Å²) < 4.78 is 46.5. The van der Waals surface area contributed by atoms with E-state index in [1.54, 1.807) is 37.3 Å². The van der Waals surface area contributed by atoms with Crippen LogP contribution in [0.4, 0.5) is 5.95 Å². The van der Waals surface area contributed by atoms with E-state index >= 15 is 0 Å². The Hall–Kier alpha value is -4.41. The van der Waals surface area contributed by atoms with Gasteiger partial charge in [-0.15, -0.1) is 10.2 Å². The topological polar surface area (TPSA) is 165 Å². The van der Waals surface area contributed by atoms with Gasteiger partial charge in [0, 0.05) is 6.20 Å². The first kappa shape index (κ1) is 24.7. The summed E-state index contributed by atoms with van der Waals surface area (Å²) in [5.41, 5.74) is 0.717. The SMILES string of the molecule is COc1cccc(OC)c1-n1c(NS(=O)(=O)C[C@H](O)c2ccc(C#N)cn2)nnc1-c1ccc(C)o1. The quantitative estimate of drug-likeness (QED) is 0.342. The van der Waals surface area contributed by atoms with Gasteiger partial charge in [-0.1, -0.05) is 6.07 Å². The number of benzene rings is 1. The third-order valence-electron chi connectivity index (χ3n) is 5.13. The van der Waals surface area contributed by atoms with Crippen molar-refractivity contribution in [3.63, 3.8) is 0 Å². The molecule has 0 saturated carbocycles.